The van der Waals surface area contributed by atoms with Crippen molar-refractivity contribution < 1.29 is 9.59 Å². The van der Waals surface area contributed by atoms with E-state index in [2.05, 4.69) is 5.32 Å². The van der Waals surface area contributed by atoms with Crippen LogP contribution in [0, 0.1) is 0 Å². The number of nitrogens with zero attached hydrogens (tertiary/aromatic N) is 1. The first-order valence-corrected chi connectivity index (χ1v) is 5.53. The molecular weight excluding hydrogens is 194 g/mol. The lowest BCUT2D eigenvalue weighted by atomic mass is 10.1. The smallest absolute Gasteiger partial charge is 0.240 e. The molecule has 0 aromatic rings. The summed E-state index contributed by atoms with van der Waals surface area (Å²) in [4.78, 5) is 24.8. The van der Waals surface area contributed by atoms with E-state index >= 15 is 0 Å². The number of likely N-dealkylation sites (tertiary alicyclic amines) is 1. The Balaban J connectivity index is 2.02. The van der Waals surface area contributed by atoms with Crippen molar-refractivity contribution in [2.24, 2.45) is 5.73 Å². The summed E-state index contributed by atoms with van der Waals surface area (Å²) in [5, 5.41) is 3.15. The topological polar surface area (TPSA) is 75.4 Å². The van der Waals surface area contributed by atoms with E-state index in [1.165, 1.54) is 0 Å². The van der Waals surface area contributed by atoms with Crippen LogP contribution >= 0.6 is 0 Å². The summed E-state index contributed by atoms with van der Waals surface area (Å²) >= 11 is 0. The van der Waals surface area contributed by atoms with Crippen molar-refractivity contribution in [3.8, 4) is 0 Å². The van der Waals surface area contributed by atoms with Crippen LogP contribution in [-0.4, -0.2) is 41.9 Å². The van der Waals surface area contributed by atoms with Gasteiger partial charge in [0.15, 0.2) is 0 Å². The Kier molecular flexibility index (Phi) is 2.90. The highest BCUT2D eigenvalue weighted by atomic mass is 16.2. The van der Waals surface area contributed by atoms with Crippen molar-refractivity contribution in [1.29, 1.82) is 0 Å². The van der Waals surface area contributed by atoms with Gasteiger partial charge in [0.25, 0.3) is 0 Å². The van der Waals surface area contributed by atoms with E-state index in [4.69, 9.17) is 5.73 Å². The minimum atomic E-state index is -0.376. The van der Waals surface area contributed by atoms with Gasteiger partial charge in [-0.15, -0.1) is 0 Å². The monoisotopic (exact) mass is 211 g/mol. The van der Waals surface area contributed by atoms with Gasteiger partial charge in [0.1, 0.15) is 6.04 Å². The normalized spacial score (nSPS) is 30.8. The molecule has 0 bridgehead atoms. The van der Waals surface area contributed by atoms with Gasteiger partial charge in [-0.3, -0.25) is 9.59 Å². The van der Waals surface area contributed by atoms with Crippen molar-refractivity contribution in [2.45, 2.75) is 37.8 Å². The number of nitrogens with two attached hydrogens (primary N) is 1. The third-order valence-corrected chi connectivity index (χ3v) is 3.22. The number of carbonyl (C=O) groups excluding carboxylic acids is 2. The summed E-state index contributed by atoms with van der Waals surface area (Å²) < 4.78 is 0. The quantitative estimate of drug-likeness (QED) is 0.629. The number of hydrogen-bond acceptors (Lipinski definition) is 3. The van der Waals surface area contributed by atoms with Gasteiger partial charge < -0.3 is 16.0 Å². The van der Waals surface area contributed by atoms with Crippen molar-refractivity contribution in [3.05, 3.63) is 0 Å². The fraction of sp³-hybridized carbons (Fsp3) is 0.800. The SMILES string of the molecule is NC(=O)C1CCCN1C(=O)[C@@H]1CCCN1. The second-order valence-corrected chi connectivity index (χ2v) is 4.24. The largest absolute Gasteiger partial charge is 0.368 e. The zero-order valence-corrected chi connectivity index (χ0v) is 8.74. The molecule has 0 saturated carbocycles. The average molecular weight is 211 g/mol. The van der Waals surface area contributed by atoms with Crippen LogP contribution in [0.1, 0.15) is 25.7 Å². The molecule has 2 aliphatic heterocycles. The molecule has 2 saturated heterocycles. The highest BCUT2D eigenvalue weighted by Gasteiger charge is 2.36. The molecular formula is C10H17N3O2. The molecule has 2 aliphatic rings. The molecule has 84 valence electrons. The standard InChI is InChI=1S/C10H17N3O2/c11-9(14)8-4-2-6-13(8)10(15)7-3-1-5-12-7/h7-8,12H,1-6H2,(H2,11,14)/t7-,8?/m0/s1. The molecule has 2 fully saturated rings. The molecule has 0 aromatic carbocycles. The second kappa shape index (κ2) is 4.18. The van der Waals surface area contributed by atoms with Gasteiger partial charge in [-0.05, 0) is 32.2 Å². The molecule has 15 heavy (non-hydrogen) atoms. The van der Waals surface area contributed by atoms with Gasteiger partial charge in [0, 0.05) is 6.54 Å². The van der Waals surface area contributed by atoms with Crippen molar-refractivity contribution in [2.75, 3.05) is 13.1 Å². The zero-order valence-electron chi connectivity index (χ0n) is 8.74. The minimum absolute atomic E-state index is 0.0498. The number of amides is 2. The Morgan fingerprint density at radius 3 is 2.67 bits per heavy atom. The first-order valence-electron chi connectivity index (χ1n) is 5.53. The van der Waals surface area contributed by atoms with Gasteiger partial charge in [-0.1, -0.05) is 0 Å². The van der Waals surface area contributed by atoms with Crippen LogP contribution in [0.2, 0.25) is 0 Å². The van der Waals surface area contributed by atoms with Gasteiger partial charge in [0.2, 0.25) is 11.8 Å². The predicted molar refractivity (Wildman–Crippen MR) is 55.0 cm³/mol. The van der Waals surface area contributed by atoms with Crippen molar-refractivity contribution >= 4 is 11.8 Å². The van der Waals surface area contributed by atoms with E-state index < -0.39 is 0 Å². The molecule has 2 atom stereocenters. The summed E-state index contributed by atoms with van der Waals surface area (Å²) in [6, 6.07) is -0.468. The highest BCUT2D eigenvalue weighted by molar-refractivity contribution is 5.89. The molecule has 2 heterocycles. The highest BCUT2D eigenvalue weighted by Crippen LogP contribution is 2.20. The molecule has 2 rings (SSSR count). The van der Waals surface area contributed by atoms with Crippen molar-refractivity contribution in [1.82, 2.24) is 10.2 Å². The predicted octanol–water partition coefficient (Wildman–Crippen LogP) is -0.785. The Bertz CT molecular complexity index is 274. The number of primary amides is 1. The maximum atomic E-state index is 12.0. The maximum Gasteiger partial charge on any atom is 0.240 e. The Labute approximate surface area is 89.0 Å². The van der Waals surface area contributed by atoms with E-state index in [0.29, 0.717) is 13.0 Å². The van der Waals surface area contributed by atoms with Gasteiger partial charge in [0.05, 0.1) is 6.04 Å². The lowest BCUT2D eigenvalue weighted by Crippen LogP contribution is -2.49. The fourth-order valence-electron chi connectivity index (χ4n) is 2.42. The van der Waals surface area contributed by atoms with E-state index in [-0.39, 0.29) is 23.9 Å². The molecule has 0 aliphatic carbocycles. The first-order chi connectivity index (χ1) is 7.20. The molecule has 2 amide bonds. The summed E-state index contributed by atoms with van der Waals surface area (Å²) in [7, 11) is 0. The van der Waals surface area contributed by atoms with Gasteiger partial charge in [-0.2, -0.15) is 0 Å². The van der Waals surface area contributed by atoms with E-state index in [1.807, 2.05) is 0 Å². The summed E-state index contributed by atoms with van der Waals surface area (Å²) in [5.74, 6) is -0.326. The van der Waals surface area contributed by atoms with Crippen molar-refractivity contribution in [3.63, 3.8) is 0 Å². The number of rotatable bonds is 2. The van der Waals surface area contributed by atoms with E-state index in [0.717, 1.165) is 25.8 Å². The second-order valence-electron chi connectivity index (χ2n) is 4.24. The lowest BCUT2D eigenvalue weighted by Gasteiger charge is -2.25. The average Bonchev–Trinajstić information content (AvgIpc) is 2.88. The van der Waals surface area contributed by atoms with Gasteiger partial charge >= 0.3 is 0 Å². The molecule has 0 radical (unpaired) electrons. The molecule has 5 heteroatoms. The summed E-state index contributed by atoms with van der Waals surface area (Å²) in [6.07, 6.45) is 3.51. The van der Waals surface area contributed by atoms with Crippen LogP contribution in [0.15, 0.2) is 0 Å². The van der Waals surface area contributed by atoms with E-state index in [9.17, 15) is 9.59 Å². The third-order valence-electron chi connectivity index (χ3n) is 3.22. The van der Waals surface area contributed by atoms with Crippen LogP contribution in [-0.2, 0) is 9.59 Å². The molecule has 0 aromatic heterocycles. The van der Waals surface area contributed by atoms with Crippen LogP contribution in [0.4, 0.5) is 0 Å². The number of hydrogen-bond donors (Lipinski definition) is 2. The lowest BCUT2D eigenvalue weighted by molar-refractivity contribution is -0.138. The summed E-state index contributed by atoms with van der Waals surface area (Å²) in [6.45, 7) is 1.57. The minimum Gasteiger partial charge on any atom is -0.368 e. The molecule has 0 spiro atoms. The summed E-state index contributed by atoms with van der Waals surface area (Å²) in [5.41, 5.74) is 5.27. The van der Waals surface area contributed by atoms with Crippen LogP contribution in [0.25, 0.3) is 0 Å². The zero-order chi connectivity index (χ0) is 10.8. The third kappa shape index (κ3) is 1.97. The molecule has 3 N–H and O–H groups in total. The molecule has 5 nitrogen and oxygen atoms in total. The Morgan fingerprint density at radius 1 is 1.27 bits per heavy atom. The number of nitrogens with one attached hydrogen (secondary N) is 1. The van der Waals surface area contributed by atoms with Gasteiger partial charge in [-0.25, -0.2) is 0 Å². The fourth-order valence-corrected chi connectivity index (χ4v) is 2.42. The van der Waals surface area contributed by atoms with Crippen LogP contribution in [0.5, 0.6) is 0 Å². The Morgan fingerprint density at radius 2 is 2.07 bits per heavy atom. The maximum absolute atomic E-state index is 12.0. The van der Waals surface area contributed by atoms with E-state index in [1.54, 1.807) is 4.90 Å². The number of carbonyl (C=O) groups is 2. The molecule has 1 unspecified atom stereocenters. The Hall–Kier alpha value is -1.10. The first kappa shape index (κ1) is 10.4. The van der Waals surface area contributed by atoms with Crippen LogP contribution in [0.3, 0.4) is 0 Å². The van der Waals surface area contributed by atoms with Crippen LogP contribution < -0.4 is 11.1 Å².